The monoisotopic (exact) mass is 365 g/mol. The van der Waals surface area contributed by atoms with Crippen molar-refractivity contribution in [3.05, 3.63) is 54.1 Å². The molecule has 0 bridgehead atoms. The van der Waals surface area contributed by atoms with Crippen LogP contribution in [0.2, 0.25) is 0 Å². The first-order valence-electron chi connectivity index (χ1n) is 8.11. The fourth-order valence-electron chi connectivity index (χ4n) is 2.89. The van der Waals surface area contributed by atoms with Crippen LogP contribution in [-0.4, -0.2) is 49.9 Å². The van der Waals surface area contributed by atoms with Crippen LogP contribution in [-0.2, 0) is 4.74 Å². The van der Waals surface area contributed by atoms with Crippen LogP contribution in [0.25, 0.3) is 11.1 Å². The lowest BCUT2D eigenvalue weighted by Crippen LogP contribution is -2.51. The zero-order chi connectivity index (χ0) is 18.7. The van der Waals surface area contributed by atoms with Crippen LogP contribution >= 0.6 is 0 Å². The zero-order valence-electron chi connectivity index (χ0n) is 14.1. The number of hydrogen-bond acceptors (Lipinski definition) is 3. The SMILES string of the molecule is COc1ccccc1-c1ccc(C(=O)N2CCO[C@@H](C(F)(F)F)C2)cc1. The Kier molecular flexibility index (Phi) is 5.18. The molecule has 3 rings (SSSR count). The molecule has 0 radical (unpaired) electrons. The summed E-state index contributed by atoms with van der Waals surface area (Å²) in [6.07, 6.45) is -6.42. The van der Waals surface area contributed by atoms with Crippen molar-refractivity contribution in [2.24, 2.45) is 0 Å². The number of methoxy groups -OCH3 is 1. The number of hydrogen-bond donors (Lipinski definition) is 0. The number of amides is 1. The Hall–Kier alpha value is -2.54. The van der Waals surface area contributed by atoms with Gasteiger partial charge in [0.15, 0.2) is 6.10 Å². The molecule has 1 saturated heterocycles. The third-order valence-corrected chi connectivity index (χ3v) is 4.27. The van der Waals surface area contributed by atoms with E-state index in [1.807, 2.05) is 24.3 Å². The van der Waals surface area contributed by atoms with Gasteiger partial charge in [-0.2, -0.15) is 13.2 Å². The van der Waals surface area contributed by atoms with Gasteiger partial charge in [-0.15, -0.1) is 0 Å². The molecule has 0 aliphatic carbocycles. The van der Waals surface area contributed by atoms with Gasteiger partial charge in [-0.25, -0.2) is 0 Å². The van der Waals surface area contributed by atoms with Crippen molar-refractivity contribution in [2.45, 2.75) is 12.3 Å². The van der Waals surface area contributed by atoms with Crippen molar-refractivity contribution in [1.29, 1.82) is 0 Å². The highest BCUT2D eigenvalue weighted by atomic mass is 19.4. The summed E-state index contributed by atoms with van der Waals surface area (Å²) in [7, 11) is 1.58. The van der Waals surface area contributed by atoms with E-state index >= 15 is 0 Å². The number of para-hydroxylation sites is 1. The first kappa shape index (κ1) is 18.3. The summed E-state index contributed by atoms with van der Waals surface area (Å²) >= 11 is 0. The molecule has 0 N–H and O–H groups in total. The Bertz CT molecular complexity index is 774. The lowest BCUT2D eigenvalue weighted by molar-refractivity contribution is -0.233. The molecule has 2 aromatic carbocycles. The maximum atomic E-state index is 12.8. The van der Waals surface area contributed by atoms with Crippen molar-refractivity contribution < 1.29 is 27.4 Å². The minimum absolute atomic E-state index is 0.130. The molecule has 0 unspecified atom stereocenters. The summed E-state index contributed by atoms with van der Waals surface area (Å²) in [6.45, 7) is -0.481. The molecule has 0 aromatic heterocycles. The van der Waals surface area contributed by atoms with E-state index in [1.165, 1.54) is 4.90 Å². The predicted molar refractivity (Wildman–Crippen MR) is 90.1 cm³/mol. The number of ether oxygens (including phenoxy) is 2. The molecule has 4 nitrogen and oxygen atoms in total. The van der Waals surface area contributed by atoms with Crippen LogP contribution in [0.4, 0.5) is 13.2 Å². The summed E-state index contributed by atoms with van der Waals surface area (Å²) in [4.78, 5) is 13.7. The highest BCUT2D eigenvalue weighted by molar-refractivity contribution is 5.95. The number of morpholine rings is 1. The maximum absolute atomic E-state index is 12.8. The van der Waals surface area contributed by atoms with E-state index in [1.54, 1.807) is 31.4 Å². The highest BCUT2D eigenvalue weighted by Crippen LogP contribution is 2.30. The molecule has 1 aliphatic heterocycles. The third-order valence-electron chi connectivity index (χ3n) is 4.27. The van der Waals surface area contributed by atoms with Crippen LogP contribution in [0.3, 0.4) is 0 Å². The molecule has 2 aromatic rings. The zero-order valence-corrected chi connectivity index (χ0v) is 14.1. The predicted octanol–water partition coefficient (Wildman–Crippen LogP) is 3.77. The third kappa shape index (κ3) is 3.83. The van der Waals surface area contributed by atoms with Crippen molar-refractivity contribution in [3.63, 3.8) is 0 Å². The van der Waals surface area contributed by atoms with E-state index in [-0.39, 0.29) is 13.2 Å². The van der Waals surface area contributed by atoms with Gasteiger partial charge in [0.1, 0.15) is 5.75 Å². The minimum Gasteiger partial charge on any atom is -0.496 e. The van der Waals surface area contributed by atoms with Crippen molar-refractivity contribution >= 4 is 5.91 Å². The van der Waals surface area contributed by atoms with Crippen molar-refractivity contribution in [2.75, 3.05) is 26.8 Å². The lowest BCUT2D eigenvalue weighted by Gasteiger charge is -2.33. The summed E-state index contributed by atoms with van der Waals surface area (Å²) < 4.78 is 48.5. The summed E-state index contributed by atoms with van der Waals surface area (Å²) in [5.41, 5.74) is 2.07. The van der Waals surface area contributed by atoms with Crippen LogP contribution in [0.1, 0.15) is 10.4 Å². The van der Waals surface area contributed by atoms with E-state index in [0.29, 0.717) is 11.3 Å². The molecule has 1 fully saturated rings. The molecule has 1 amide bonds. The fraction of sp³-hybridized carbons (Fsp3) is 0.316. The topological polar surface area (TPSA) is 38.8 Å². The van der Waals surface area contributed by atoms with Gasteiger partial charge in [-0.3, -0.25) is 4.79 Å². The number of carbonyl (C=O) groups is 1. The first-order chi connectivity index (χ1) is 12.4. The van der Waals surface area contributed by atoms with Gasteiger partial charge < -0.3 is 14.4 Å². The summed E-state index contributed by atoms with van der Waals surface area (Å²) in [6, 6.07) is 14.2. The molecule has 0 spiro atoms. The molecule has 0 saturated carbocycles. The van der Waals surface area contributed by atoms with E-state index < -0.39 is 24.7 Å². The van der Waals surface area contributed by atoms with Crippen molar-refractivity contribution in [1.82, 2.24) is 4.90 Å². The Balaban J connectivity index is 1.77. The van der Waals surface area contributed by atoms with Crippen LogP contribution in [0.5, 0.6) is 5.75 Å². The molecule has 1 aliphatic rings. The van der Waals surface area contributed by atoms with Crippen LogP contribution < -0.4 is 4.74 Å². The van der Waals surface area contributed by atoms with E-state index in [4.69, 9.17) is 9.47 Å². The Morgan fingerprint density at radius 3 is 2.50 bits per heavy atom. The highest BCUT2D eigenvalue weighted by Gasteiger charge is 2.44. The maximum Gasteiger partial charge on any atom is 0.416 e. The van der Waals surface area contributed by atoms with Crippen molar-refractivity contribution in [3.8, 4) is 16.9 Å². The number of alkyl halides is 3. The normalized spacial score (nSPS) is 17.8. The number of nitrogens with zero attached hydrogens (tertiary/aromatic N) is 1. The number of rotatable bonds is 3. The lowest BCUT2D eigenvalue weighted by atomic mass is 10.0. The molecular weight excluding hydrogens is 347 g/mol. The van der Waals surface area contributed by atoms with Gasteiger partial charge in [0, 0.05) is 17.7 Å². The standard InChI is InChI=1S/C19H18F3NO3/c1-25-16-5-3-2-4-15(16)13-6-8-14(9-7-13)18(24)23-10-11-26-17(12-23)19(20,21)22/h2-9,17H,10-12H2,1H3/t17-/m1/s1. The molecule has 1 atom stereocenters. The quantitative estimate of drug-likeness (QED) is 0.831. The summed E-state index contributed by atoms with van der Waals surface area (Å²) in [5.74, 6) is 0.266. The second-order valence-electron chi connectivity index (χ2n) is 5.93. The van der Waals surface area contributed by atoms with Gasteiger partial charge in [-0.05, 0) is 23.8 Å². The fourth-order valence-corrected chi connectivity index (χ4v) is 2.89. The van der Waals surface area contributed by atoms with Crippen LogP contribution in [0.15, 0.2) is 48.5 Å². The van der Waals surface area contributed by atoms with Gasteiger partial charge >= 0.3 is 6.18 Å². The smallest absolute Gasteiger partial charge is 0.416 e. The van der Waals surface area contributed by atoms with Gasteiger partial charge in [0.05, 0.1) is 20.3 Å². The van der Waals surface area contributed by atoms with Gasteiger partial charge in [0.25, 0.3) is 5.91 Å². The summed E-state index contributed by atoms with van der Waals surface area (Å²) in [5, 5.41) is 0. The number of halogens is 3. The van der Waals surface area contributed by atoms with E-state index in [0.717, 1.165) is 11.1 Å². The van der Waals surface area contributed by atoms with Crippen LogP contribution in [0, 0.1) is 0 Å². The Morgan fingerprint density at radius 1 is 1.15 bits per heavy atom. The van der Waals surface area contributed by atoms with Gasteiger partial charge in [0.2, 0.25) is 0 Å². The average molecular weight is 365 g/mol. The van der Waals surface area contributed by atoms with Gasteiger partial charge in [-0.1, -0.05) is 30.3 Å². The molecule has 1 heterocycles. The van der Waals surface area contributed by atoms with E-state index in [9.17, 15) is 18.0 Å². The average Bonchev–Trinajstić information content (AvgIpc) is 2.67. The Labute approximate surface area is 149 Å². The largest absolute Gasteiger partial charge is 0.496 e. The molecule has 26 heavy (non-hydrogen) atoms. The first-order valence-corrected chi connectivity index (χ1v) is 8.11. The molecule has 138 valence electrons. The molecule has 7 heteroatoms. The Morgan fingerprint density at radius 2 is 1.85 bits per heavy atom. The van der Waals surface area contributed by atoms with E-state index in [2.05, 4.69) is 0 Å². The minimum atomic E-state index is -4.48. The molecular formula is C19H18F3NO3. The number of benzene rings is 2. The second-order valence-corrected chi connectivity index (χ2v) is 5.93. The second kappa shape index (κ2) is 7.37. The number of carbonyl (C=O) groups excluding carboxylic acids is 1.